The van der Waals surface area contributed by atoms with Gasteiger partial charge >= 0.3 is 0 Å². The summed E-state index contributed by atoms with van der Waals surface area (Å²) in [6, 6.07) is 0.924. The monoisotopic (exact) mass is 238 g/mol. The van der Waals surface area contributed by atoms with Crippen LogP contribution in [0, 0.1) is 5.92 Å². The van der Waals surface area contributed by atoms with Crippen molar-refractivity contribution in [3.63, 3.8) is 0 Å². The lowest BCUT2D eigenvalue weighted by atomic mass is 9.95. The van der Waals surface area contributed by atoms with Gasteiger partial charge in [-0.2, -0.15) is 0 Å². The first kappa shape index (κ1) is 13.4. The van der Waals surface area contributed by atoms with Crippen LogP contribution in [0.1, 0.15) is 59.3 Å². The third-order valence-corrected chi connectivity index (χ3v) is 4.31. The van der Waals surface area contributed by atoms with Crippen LogP contribution in [0.25, 0.3) is 0 Å². The molecule has 0 amide bonds. The standard InChI is InChI=1S/C15H30N2/c1-15(2,3)16-11-13-7-6-10-17(12-13)14-8-4-5-9-14/h13-14,16H,4-12H2,1-3H3. The minimum absolute atomic E-state index is 0.273. The summed E-state index contributed by atoms with van der Waals surface area (Å²) >= 11 is 0. The van der Waals surface area contributed by atoms with Crippen molar-refractivity contribution in [2.24, 2.45) is 5.92 Å². The van der Waals surface area contributed by atoms with E-state index in [1.54, 1.807) is 0 Å². The molecule has 1 saturated carbocycles. The van der Waals surface area contributed by atoms with Crippen molar-refractivity contribution in [2.45, 2.75) is 70.9 Å². The third kappa shape index (κ3) is 4.26. The Kier molecular flexibility index (Phi) is 4.48. The highest BCUT2D eigenvalue weighted by atomic mass is 15.2. The Labute approximate surface area is 107 Å². The number of nitrogens with zero attached hydrogens (tertiary/aromatic N) is 1. The second kappa shape index (κ2) is 5.71. The molecule has 100 valence electrons. The van der Waals surface area contributed by atoms with Gasteiger partial charge < -0.3 is 10.2 Å². The van der Waals surface area contributed by atoms with Gasteiger partial charge in [0.2, 0.25) is 0 Å². The first-order valence-corrected chi connectivity index (χ1v) is 7.54. The summed E-state index contributed by atoms with van der Waals surface area (Å²) in [6.07, 6.45) is 8.68. The number of hydrogen-bond donors (Lipinski definition) is 1. The molecule has 1 unspecified atom stereocenters. The van der Waals surface area contributed by atoms with Crippen molar-refractivity contribution >= 4 is 0 Å². The fraction of sp³-hybridized carbons (Fsp3) is 1.00. The van der Waals surface area contributed by atoms with Crippen molar-refractivity contribution in [3.8, 4) is 0 Å². The lowest BCUT2D eigenvalue weighted by molar-refractivity contribution is 0.120. The van der Waals surface area contributed by atoms with Gasteiger partial charge in [0, 0.05) is 18.1 Å². The van der Waals surface area contributed by atoms with E-state index in [4.69, 9.17) is 0 Å². The van der Waals surface area contributed by atoms with E-state index in [1.165, 1.54) is 58.2 Å². The second-order valence-corrected chi connectivity index (χ2v) is 7.07. The van der Waals surface area contributed by atoms with Crippen LogP contribution in [0.15, 0.2) is 0 Å². The van der Waals surface area contributed by atoms with E-state index < -0.39 is 0 Å². The fourth-order valence-corrected chi connectivity index (χ4v) is 3.32. The van der Waals surface area contributed by atoms with E-state index >= 15 is 0 Å². The number of hydrogen-bond acceptors (Lipinski definition) is 2. The Balaban J connectivity index is 1.76. The molecule has 0 aromatic heterocycles. The Hall–Kier alpha value is -0.0800. The summed E-state index contributed by atoms with van der Waals surface area (Å²) in [5, 5.41) is 3.68. The van der Waals surface area contributed by atoms with Gasteiger partial charge in [-0.25, -0.2) is 0 Å². The Bertz CT molecular complexity index is 226. The smallest absolute Gasteiger partial charge is 0.00966 e. The molecular formula is C15H30N2. The number of likely N-dealkylation sites (tertiary alicyclic amines) is 1. The van der Waals surface area contributed by atoms with Gasteiger partial charge in [0.25, 0.3) is 0 Å². The Morgan fingerprint density at radius 2 is 1.76 bits per heavy atom. The lowest BCUT2D eigenvalue weighted by Gasteiger charge is -2.38. The third-order valence-electron chi connectivity index (χ3n) is 4.31. The largest absolute Gasteiger partial charge is 0.312 e. The maximum atomic E-state index is 3.68. The van der Waals surface area contributed by atoms with Crippen molar-refractivity contribution < 1.29 is 0 Å². The van der Waals surface area contributed by atoms with Crippen molar-refractivity contribution in [1.29, 1.82) is 0 Å². The fourth-order valence-electron chi connectivity index (χ4n) is 3.32. The molecule has 0 aromatic rings. The highest BCUT2D eigenvalue weighted by molar-refractivity contribution is 4.84. The summed E-state index contributed by atoms with van der Waals surface area (Å²) in [5.74, 6) is 0.878. The average Bonchev–Trinajstić information content (AvgIpc) is 2.79. The van der Waals surface area contributed by atoms with Gasteiger partial charge in [-0.1, -0.05) is 12.8 Å². The van der Waals surface area contributed by atoms with E-state index in [9.17, 15) is 0 Å². The second-order valence-electron chi connectivity index (χ2n) is 7.07. The number of piperidine rings is 1. The van der Waals surface area contributed by atoms with Gasteiger partial charge in [-0.3, -0.25) is 0 Å². The molecule has 1 heterocycles. The molecule has 1 N–H and O–H groups in total. The van der Waals surface area contributed by atoms with Gasteiger partial charge in [-0.15, -0.1) is 0 Å². The minimum Gasteiger partial charge on any atom is -0.312 e. The molecule has 0 aromatic carbocycles. The molecule has 0 bridgehead atoms. The molecule has 2 rings (SSSR count). The highest BCUT2D eigenvalue weighted by Gasteiger charge is 2.28. The molecular weight excluding hydrogens is 208 g/mol. The zero-order valence-electron chi connectivity index (χ0n) is 12.0. The normalized spacial score (nSPS) is 28.8. The van der Waals surface area contributed by atoms with Crippen LogP contribution in [0.2, 0.25) is 0 Å². The molecule has 1 aliphatic carbocycles. The van der Waals surface area contributed by atoms with E-state index in [2.05, 4.69) is 31.0 Å². The molecule has 2 fully saturated rings. The van der Waals surface area contributed by atoms with Crippen LogP contribution in [0.5, 0.6) is 0 Å². The first-order valence-electron chi connectivity index (χ1n) is 7.54. The summed E-state index contributed by atoms with van der Waals surface area (Å²) in [7, 11) is 0. The van der Waals surface area contributed by atoms with E-state index in [0.717, 1.165) is 12.0 Å². The van der Waals surface area contributed by atoms with Gasteiger partial charge in [0.05, 0.1) is 0 Å². The topological polar surface area (TPSA) is 15.3 Å². The maximum absolute atomic E-state index is 3.68. The lowest BCUT2D eigenvalue weighted by Crippen LogP contribution is -2.47. The average molecular weight is 238 g/mol. The molecule has 1 aliphatic heterocycles. The molecule has 1 saturated heterocycles. The molecule has 0 radical (unpaired) electrons. The summed E-state index contributed by atoms with van der Waals surface area (Å²) in [6.45, 7) is 10.7. The van der Waals surface area contributed by atoms with Crippen LogP contribution >= 0.6 is 0 Å². The Morgan fingerprint density at radius 3 is 2.41 bits per heavy atom. The predicted octanol–water partition coefficient (Wildman–Crippen LogP) is 3.03. The zero-order chi connectivity index (χ0) is 12.3. The van der Waals surface area contributed by atoms with Crippen LogP contribution in [-0.2, 0) is 0 Å². The maximum Gasteiger partial charge on any atom is 0.00966 e. The summed E-state index contributed by atoms with van der Waals surface area (Å²) in [4.78, 5) is 2.78. The van der Waals surface area contributed by atoms with Crippen LogP contribution < -0.4 is 5.32 Å². The molecule has 17 heavy (non-hydrogen) atoms. The van der Waals surface area contributed by atoms with Gasteiger partial charge in [-0.05, 0) is 65.5 Å². The predicted molar refractivity (Wildman–Crippen MR) is 74.3 cm³/mol. The van der Waals surface area contributed by atoms with Crippen LogP contribution in [0.3, 0.4) is 0 Å². The van der Waals surface area contributed by atoms with Gasteiger partial charge in [0.15, 0.2) is 0 Å². The molecule has 2 heteroatoms. The van der Waals surface area contributed by atoms with Gasteiger partial charge in [0.1, 0.15) is 0 Å². The quantitative estimate of drug-likeness (QED) is 0.813. The SMILES string of the molecule is CC(C)(C)NCC1CCCN(C2CCCC2)C1. The van der Waals surface area contributed by atoms with Crippen molar-refractivity contribution in [2.75, 3.05) is 19.6 Å². The molecule has 2 nitrogen and oxygen atoms in total. The molecule has 2 aliphatic rings. The van der Waals surface area contributed by atoms with Crippen molar-refractivity contribution in [1.82, 2.24) is 10.2 Å². The van der Waals surface area contributed by atoms with E-state index in [-0.39, 0.29) is 5.54 Å². The number of nitrogens with one attached hydrogen (secondary N) is 1. The highest BCUT2D eigenvalue weighted by Crippen LogP contribution is 2.27. The van der Waals surface area contributed by atoms with Crippen LogP contribution in [0.4, 0.5) is 0 Å². The molecule has 0 spiro atoms. The summed E-state index contributed by atoms with van der Waals surface area (Å²) < 4.78 is 0. The number of rotatable bonds is 3. The zero-order valence-corrected chi connectivity index (χ0v) is 12.0. The first-order chi connectivity index (χ1) is 8.04. The van der Waals surface area contributed by atoms with Crippen molar-refractivity contribution in [3.05, 3.63) is 0 Å². The van der Waals surface area contributed by atoms with E-state index in [1.807, 2.05) is 0 Å². The van der Waals surface area contributed by atoms with E-state index in [0.29, 0.717) is 0 Å². The van der Waals surface area contributed by atoms with Crippen LogP contribution in [-0.4, -0.2) is 36.1 Å². The summed E-state index contributed by atoms with van der Waals surface area (Å²) in [5.41, 5.74) is 0.273. The Morgan fingerprint density at radius 1 is 1.06 bits per heavy atom. The minimum atomic E-state index is 0.273. The molecule has 1 atom stereocenters.